The Kier molecular flexibility index (Phi) is 5.31. The van der Waals surface area contributed by atoms with E-state index < -0.39 is 0 Å². The summed E-state index contributed by atoms with van der Waals surface area (Å²) in [5.74, 6) is -0.226. The molecule has 0 aliphatic carbocycles. The minimum atomic E-state index is -0.281. The second-order valence-corrected chi connectivity index (χ2v) is 5.72. The molecule has 1 heterocycles. The fourth-order valence-electron chi connectivity index (χ4n) is 2.22. The maximum atomic E-state index is 12.0. The first-order valence-electron chi connectivity index (χ1n) is 6.75. The monoisotopic (exact) mass is 329 g/mol. The van der Waals surface area contributed by atoms with Crippen molar-refractivity contribution in [2.75, 3.05) is 19.6 Å². The van der Waals surface area contributed by atoms with Crippen LogP contribution in [0, 0.1) is 0 Å². The Morgan fingerprint density at radius 1 is 1.48 bits per heavy atom. The van der Waals surface area contributed by atoms with Crippen molar-refractivity contribution in [2.45, 2.75) is 19.4 Å². The molecule has 0 aromatic heterocycles. The van der Waals surface area contributed by atoms with Crippen LogP contribution in [0.4, 0.5) is 4.79 Å². The molecule has 5 nitrogen and oxygen atoms in total. The highest BCUT2D eigenvalue weighted by Gasteiger charge is 2.21. The standard InChI is InChI=1S/C14H17Cl2N3O2/c1-9(10-4-2-5-11(15)13(10)16)18-12(20)8-19-7-3-6-17-14(19)21/h2,4-5,9H,3,6-8H2,1H3,(H,17,21)(H,18,20). The van der Waals surface area contributed by atoms with Gasteiger partial charge in [0.1, 0.15) is 6.54 Å². The molecule has 1 aromatic carbocycles. The highest BCUT2D eigenvalue weighted by molar-refractivity contribution is 6.42. The molecule has 0 spiro atoms. The highest BCUT2D eigenvalue weighted by atomic mass is 35.5. The number of hydrogen-bond acceptors (Lipinski definition) is 2. The average Bonchev–Trinajstić information content (AvgIpc) is 2.44. The second-order valence-electron chi connectivity index (χ2n) is 4.94. The molecule has 1 aliphatic rings. The van der Waals surface area contributed by atoms with Crippen LogP contribution >= 0.6 is 23.2 Å². The van der Waals surface area contributed by atoms with Gasteiger partial charge in [0.05, 0.1) is 16.1 Å². The Balaban J connectivity index is 1.95. The molecule has 114 valence electrons. The number of amides is 3. The largest absolute Gasteiger partial charge is 0.348 e. The molecule has 7 heteroatoms. The van der Waals surface area contributed by atoms with Gasteiger partial charge in [-0.15, -0.1) is 0 Å². The van der Waals surface area contributed by atoms with Gasteiger partial charge in [-0.05, 0) is 25.0 Å². The zero-order chi connectivity index (χ0) is 15.4. The highest BCUT2D eigenvalue weighted by Crippen LogP contribution is 2.29. The van der Waals surface area contributed by atoms with Gasteiger partial charge < -0.3 is 15.5 Å². The third-order valence-electron chi connectivity index (χ3n) is 3.33. The van der Waals surface area contributed by atoms with Gasteiger partial charge in [0.2, 0.25) is 5.91 Å². The lowest BCUT2D eigenvalue weighted by Gasteiger charge is -2.27. The van der Waals surface area contributed by atoms with E-state index in [0.29, 0.717) is 23.1 Å². The van der Waals surface area contributed by atoms with Crippen LogP contribution in [0.3, 0.4) is 0 Å². The van der Waals surface area contributed by atoms with Crippen LogP contribution in [0.5, 0.6) is 0 Å². The minimum Gasteiger partial charge on any atom is -0.348 e. The predicted molar refractivity (Wildman–Crippen MR) is 82.6 cm³/mol. The molecular weight excluding hydrogens is 313 g/mol. The van der Waals surface area contributed by atoms with Gasteiger partial charge in [-0.3, -0.25) is 4.79 Å². The number of rotatable bonds is 4. The van der Waals surface area contributed by atoms with Crippen LogP contribution < -0.4 is 10.6 Å². The van der Waals surface area contributed by atoms with E-state index in [9.17, 15) is 9.59 Å². The zero-order valence-corrected chi connectivity index (χ0v) is 13.2. The van der Waals surface area contributed by atoms with E-state index in [2.05, 4.69) is 10.6 Å². The Morgan fingerprint density at radius 3 is 2.95 bits per heavy atom. The molecular formula is C14H17Cl2N3O2. The summed E-state index contributed by atoms with van der Waals surface area (Å²) >= 11 is 12.1. The summed E-state index contributed by atoms with van der Waals surface area (Å²) in [5, 5.41) is 6.42. The lowest BCUT2D eigenvalue weighted by molar-refractivity contribution is -0.122. The molecule has 1 atom stereocenters. The van der Waals surface area contributed by atoms with Gasteiger partial charge in [0, 0.05) is 13.1 Å². The van der Waals surface area contributed by atoms with Crippen molar-refractivity contribution in [1.29, 1.82) is 0 Å². The van der Waals surface area contributed by atoms with E-state index >= 15 is 0 Å². The van der Waals surface area contributed by atoms with Crippen molar-refractivity contribution < 1.29 is 9.59 Å². The molecule has 0 radical (unpaired) electrons. The number of hydrogen-bond donors (Lipinski definition) is 2. The van der Waals surface area contributed by atoms with Gasteiger partial charge >= 0.3 is 6.03 Å². The van der Waals surface area contributed by atoms with Gasteiger partial charge in [-0.25, -0.2) is 4.79 Å². The van der Waals surface area contributed by atoms with Crippen molar-refractivity contribution in [3.8, 4) is 0 Å². The Hall–Kier alpha value is -1.46. The van der Waals surface area contributed by atoms with E-state index in [1.54, 1.807) is 12.1 Å². The smallest absolute Gasteiger partial charge is 0.317 e. The fraction of sp³-hybridized carbons (Fsp3) is 0.429. The van der Waals surface area contributed by atoms with E-state index in [1.165, 1.54) is 4.90 Å². The Bertz CT molecular complexity index is 551. The number of nitrogens with one attached hydrogen (secondary N) is 2. The van der Waals surface area contributed by atoms with Gasteiger partial charge in [0.25, 0.3) is 0 Å². The van der Waals surface area contributed by atoms with Crippen LogP contribution in [0.2, 0.25) is 10.0 Å². The number of nitrogens with zero attached hydrogens (tertiary/aromatic N) is 1. The summed E-state index contributed by atoms with van der Waals surface area (Å²) < 4.78 is 0. The van der Waals surface area contributed by atoms with Crippen molar-refractivity contribution in [1.82, 2.24) is 15.5 Å². The fourth-order valence-corrected chi connectivity index (χ4v) is 2.69. The molecule has 21 heavy (non-hydrogen) atoms. The minimum absolute atomic E-state index is 0.0361. The van der Waals surface area contributed by atoms with E-state index in [4.69, 9.17) is 23.2 Å². The van der Waals surface area contributed by atoms with E-state index in [-0.39, 0.29) is 24.5 Å². The average molecular weight is 330 g/mol. The normalized spacial score (nSPS) is 16.3. The molecule has 1 fully saturated rings. The maximum Gasteiger partial charge on any atom is 0.317 e. The number of carbonyl (C=O) groups excluding carboxylic acids is 2. The number of carbonyl (C=O) groups is 2. The summed E-state index contributed by atoms with van der Waals surface area (Å²) in [6.45, 7) is 3.11. The number of benzene rings is 1. The molecule has 2 rings (SSSR count). The third-order valence-corrected chi connectivity index (χ3v) is 4.16. The second kappa shape index (κ2) is 7.00. The van der Waals surface area contributed by atoms with Crippen LogP contribution in [0.1, 0.15) is 24.9 Å². The van der Waals surface area contributed by atoms with Crippen LogP contribution in [-0.4, -0.2) is 36.5 Å². The molecule has 3 amide bonds. The van der Waals surface area contributed by atoms with Crippen molar-refractivity contribution in [3.05, 3.63) is 33.8 Å². The lowest BCUT2D eigenvalue weighted by atomic mass is 10.1. The van der Waals surface area contributed by atoms with Crippen LogP contribution in [0.25, 0.3) is 0 Å². The number of halogens is 2. The third kappa shape index (κ3) is 4.02. The van der Waals surface area contributed by atoms with Gasteiger partial charge in [-0.1, -0.05) is 35.3 Å². The van der Waals surface area contributed by atoms with Gasteiger partial charge in [-0.2, -0.15) is 0 Å². The maximum absolute atomic E-state index is 12.0. The predicted octanol–water partition coefficient (Wildman–Crippen LogP) is 2.59. The van der Waals surface area contributed by atoms with E-state index in [1.807, 2.05) is 13.0 Å². The molecule has 0 saturated carbocycles. The molecule has 1 aromatic rings. The lowest BCUT2D eigenvalue weighted by Crippen LogP contribution is -2.50. The zero-order valence-electron chi connectivity index (χ0n) is 11.7. The Labute approximate surface area is 133 Å². The summed E-state index contributed by atoms with van der Waals surface area (Å²) in [7, 11) is 0. The van der Waals surface area contributed by atoms with Crippen molar-refractivity contribution in [2.24, 2.45) is 0 Å². The summed E-state index contributed by atoms with van der Waals surface area (Å²) in [6, 6.07) is 4.80. The first kappa shape index (κ1) is 15.9. The first-order valence-corrected chi connectivity index (χ1v) is 7.50. The molecule has 1 unspecified atom stereocenters. The molecule has 0 bridgehead atoms. The summed E-state index contributed by atoms with van der Waals surface area (Å²) in [4.78, 5) is 25.1. The van der Waals surface area contributed by atoms with Crippen molar-refractivity contribution >= 4 is 35.1 Å². The molecule has 1 aliphatic heterocycles. The summed E-state index contributed by atoms with van der Waals surface area (Å²) in [6.07, 6.45) is 0.842. The quantitative estimate of drug-likeness (QED) is 0.891. The van der Waals surface area contributed by atoms with Crippen LogP contribution in [-0.2, 0) is 4.79 Å². The molecule has 2 N–H and O–H groups in total. The Morgan fingerprint density at radius 2 is 2.24 bits per heavy atom. The van der Waals surface area contributed by atoms with Crippen LogP contribution in [0.15, 0.2) is 18.2 Å². The van der Waals surface area contributed by atoms with Crippen molar-refractivity contribution in [3.63, 3.8) is 0 Å². The SMILES string of the molecule is CC(NC(=O)CN1CCCNC1=O)c1cccc(Cl)c1Cl. The number of urea groups is 1. The first-order chi connectivity index (χ1) is 9.99. The van der Waals surface area contributed by atoms with Gasteiger partial charge in [0.15, 0.2) is 0 Å². The topological polar surface area (TPSA) is 61.4 Å². The van der Waals surface area contributed by atoms with E-state index in [0.717, 1.165) is 12.0 Å². The summed E-state index contributed by atoms with van der Waals surface area (Å²) in [5.41, 5.74) is 0.751. The molecule has 1 saturated heterocycles.